The lowest BCUT2D eigenvalue weighted by molar-refractivity contribution is -0.114. The number of aliphatic hydroxyl groups excluding tert-OH is 1. The number of fused-ring (bicyclic) bond motifs is 1. The highest BCUT2D eigenvalue weighted by atomic mass is 16.5. The summed E-state index contributed by atoms with van der Waals surface area (Å²) < 4.78 is 16.4. The summed E-state index contributed by atoms with van der Waals surface area (Å²) in [5, 5.41) is 17.0. The number of aryl methyl sites for hydroxylation is 2. The van der Waals surface area contributed by atoms with Crippen molar-refractivity contribution in [2.24, 2.45) is 0 Å². The lowest BCUT2D eigenvalue weighted by Gasteiger charge is -2.17. The fourth-order valence-electron chi connectivity index (χ4n) is 3.26. The van der Waals surface area contributed by atoms with E-state index in [0.29, 0.717) is 34.0 Å². The van der Waals surface area contributed by atoms with Gasteiger partial charge in [0.2, 0.25) is 5.91 Å². The van der Waals surface area contributed by atoms with Gasteiger partial charge in [0.05, 0.1) is 12.8 Å². The average molecular weight is 426 g/mol. The molecule has 8 nitrogen and oxygen atoms in total. The van der Waals surface area contributed by atoms with Gasteiger partial charge in [0, 0.05) is 36.2 Å². The Bertz CT molecular complexity index is 1150. The highest BCUT2D eigenvalue weighted by molar-refractivity contribution is 5.89. The first kappa shape index (κ1) is 22.2. The summed E-state index contributed by atoms with van der Waals surface area (Å²) in [6.07, 6.45) is -0.825. The second-order valence-corrected chi connectivity index (χ2v) is 7.26. The van der Waals surface area contributed by atoms with Gasteiger partial charge in [-0.3, -0.25) is 4.79 Å². The first-order valence-corrected chi connectivity index (χ1v) is 9.83. The Hall–Kier alpha value is -3.52. The van der Waals surface area contributed by atoms with Crippen molar-refractivity contribution in [3.05, 3.63) is 57.9 Å². The SMILES string of the molecule is COc1ccc(NC(C)=O)cc1NCC(O)COc1ccc2c(C)cc(=O)oc2c1C. The normalized spacial score (nSPS) is 11.8. The molecule has 1 aromatic heterocycles. The van der Waals surface area contributed by atoms with Crippen molar-refractivity contribution in [2.45, 2.75) is 26.9 Å². The fourth-order valence-corrected chi connectivity index (χ4v) is 3.26. The van der Waals surface area contributed by atoms with E-state index in [0.717, 1.165) is 10.9 Å². The lowest BCUT2D eigenvalue weighted by Crippen LogP contribution is -2.26. The van der Waals surface area contributed by atoms with E-state index in [-0.39, 0.29) is 19.1 Å². The van der Waals surface area contributed by atoms with E-state index in [1.54, 1.807) is 31.4 Å². The second-order valence-electron chi connectivity index (χ2n) is 7.26. The summed E-state index contributed by atoms with van der Waals surface area (Å²) >= 11 is 0. The smallest absolute Gasteiger partial charge is 0.336 e. The van der Waals surface area contributed by atoms with Crippen LogP contribution in [-0.2, 0) is 4.79 Å². The molecule has 0 radical (unpaired) electrons. The van der Waals surface area contributed by atoms with Crippen LogP contribution in [0.25, 0.3) is 11.0 Å². The number of benzene rings is 2. The van der Waals surface area contributed by atoms with Crippen LogP contribution in [0, 0.1) is 13.8 Å². The molecule has 0 saturated carbocycles. The first-order chi connectivity index (χ1) is 14.8. The molecule has 0 saturated heterocycles. The van der Waals surface area contributed by atoms with Crippen LogP contribution in [-0.4, -0.2) is 37.4 Å². The zero-order chi connectivity index (χ0) is 22.5. The van der Waals surface area contributed by atoms with Gasteiger partial charge >= 0.3 is 5.63 Å². The summed E-state index contributed by atoms with van der Waals surface area (Å²) in [5.41, 5.74) is 2.85. The largest absolute Gasteiger partial charge is 0.495 e. The molecule has 3 N–H and O–H groups in total. The Kier molecular flexibility index (Phi) is 6.81. The van der Waals surface area contributed by atoms with Crippen LogP contribution in [0.15, 0.2) is 45.6 Å². The van der Waals surface area contributed by atoms with Crippen molar-refractivity contribution in [3.63, 3.8) is 0 Å². The Balaban J connectivity index is 1.66. The van der Waals surface area contributed by atoms with Crippen LogP contribution < -0.4 is 25.7 Å². The first-order valence-electron chi connectivity index (χ1n) is 9.83. The summed E-state index contributed by atoms with van der Waals surface area (Å²) in [4.78, 5) is 23.0. The zero-order valence-corrected chi connectivity index (χ0v) is 17.9. The number of rotatable bonds is 8. The van der Waals surface area contributed by atoms with E-state index in [9.17, 15) is 14.7 Å². The van der Waals surface area contributed by atoms with E-state index in [1.807, 2.05) is 19.9 Å². The van der Waals surface area contributed by atoms with Crippen molar-refractivity contribution < 1.29 is 23.8 Å². The molecule has 0 aliphatic heterocycles. The quantitative estimate of drug-likeness (QED) is 0.474. The number of hydrogen-bond donors (Lipinski definition) is 3. The van der Waals surface area contributed by atoms with Crippen LogP contribution in [0.4, 0.5) is 11.4 Å². The number of ether oxygens (including phenoxy) is 2. The molecule has 1 heterocycles. The molecule has 164 valence electrons. The zero-order valence-electron chi connectivity index (χ0n) is 17.9. The van der Waals surface area contributed by atoms with E-state index < -0.39 is 11.7 Å². The van der Waals surface area contributed by atoms with Gasteiger partial charge < -0.3 is 29.6 Å². The Morgan fingerprint density at radius 3 is 2.61 bits per heavy atom. The molecule has 3 aromatic rings. The highest BCUT2D eigenvalue weighted by Gasteiger charge is 2.13. The number of methoxy groups -OCH3 is 1. The summed E-state index contributed by atoms with van der Waals surface area (Å²) in [7, 11) is 1.54. The molecule has 0 aliphatic rings. The van der Waals surface area contributed by atoms with Gasteiger partial charge in [0.1, 0.15) is 29.8 Å². The Labute approximate surface area is 179 Å². The summed E-state index contributed by atoms with van der Waals surface area (Å²) in [6.45, 7) is 5.32. The number of hydrogen-bond acceptors (Lipinski definition) is 7. The van der Waals surface area contributed by atoms with Gasteiger partial charge in [-0.15, -0.1) is 0 Å². The summed E-state index contributed by atoms with van der Waals surface area (Å²) in [6, 6.07) is 10.3. The van der Waals surface area contributed by atoms with E-state index >= 15 is 0 Å². The molecule has 1 unspecified atom stereocenters. The number of carbonyl (C=O) groups is 1. The van der Waals surface area contributed by atoms with Gasteiger partial charge in [0.15, 0.2) is 0 Å². The maximum Gasteiger partial charge on any atom is 0.336 e. The third-order valence-corrected chi connectivity index (χ3v) is 4.80. The highest BCUT2D eigenvalue weighted by Crippen LogP contribution is 2.29. The summed E-state index contributed by atoms with van der Waals surface area (Å²) in [5.74, 6) is 0.935. The molecule has 2 aromatic carbocycles. The van der Waals surface area contributed by atoms with Crippen LogP contribution in [0.2, 0.25) is 0 Å². The Morgan fingerprint density at radius 1 is 1.16 bits per heavy atom. The molecule has 0 bridgehead atoms. The van der Waals surface area contributed by atoms with Crippen LogP contribution in [0.3, 0.4) is 0 Å². The van der Waals surface area contributed by atoms with Crippen molar-refractivity contribution in [3.8, 4) is 11.5 Å². The molecule has 31 heavy (non-hydrogen) atoms. The maximum atomic E-state index is 11.7. The van der Waals surface area contributed by atoms with Gasteiger partial charge in [-0.25, -0.2) is 4.79 Å². The molecular formula is C23H26N2O6. The topological polar surface area (TPSA) is 110 Å². The number of aliphatic hydroxyl groups is 1. The van der Waals surface area contributed by atoms with E-state index in [1.165, 1.54) is 13.0 Å². The monoisotopic (exact) mass is 426 g/mol. The van der Waals surface area contributed by atoms with Crippen molar-refractivity contribution >= 4 is 28.3 Å². The predicted molar refractivity (Wildman–Crippen MR) is 119 cm³/mol. The van der Waals surface area contributed by atoms with Crippen LogP contribution >= 0.6 is 0 Å². The minimum absolute atomic E-state index is 0.0308. The molecule has 8 heteroatoms. The Morgan fingerprint density at radius 2 is 1.90 bits per heavy atom. The third kappa shape index (κ3) is 5.35. The van der Waals surface area contributed by atoms with Crippen LogP contribution in [0.1, 0.15) is 18.1 Å². The van der Waals surface area contributed by atoms with Gasteiger partial charge in [-0.2, -0.15) is 0 Å². The standard InChI is InChI=1S/C23H26N2O6/c1-13-9-22(28)31-23-14(2)20(8-6-18(13)23)30-12-17(27)11-24-19-10-16(25-15(3)26)5-7-21(19)29-4/h5-10,17,24,27H,11-12H2,1-4H3,(H,25,26). The second kappa shape index (κ2) is 9.53. The molecule has 1 amide bonds. The molecule has 0 spiro atoms. The fraction of sp³-hybridized carbons (Fsp3) is 0.304. The predicted octanol–water partition coefficient (Wildman–Crippen LogP) is 3.23. The van der Waals surface area contributed by atoms with Crippen molar-refractivity contribution in [1.82, 2.24) is 0 Å². The van der Waals surface area contributed by atoms with Crippen molar-refractivity contribution in [2.75, 3.05) is 30.9 Å². The number of amides is 1. The number of anilines is 2. The molecule has 1 atom stereocenters. The maximum absolute atomic E-state index is 11.7. The van der Waals surface area contributed by atoms with Crippen LogP contribution in [0.5, 0.6) is 11.5 Å². The van der Waals surface area contributed by atoms with E-state index in [2.05, 4.69) is 10.6 Å². The third-order valence-electron chi connectivity index (χ3n) is 4.80. The van der Waals surface area contributed by atoms with Gasteiger partial charge in [0.25, 0.3) is 0 Å². The average Bonchev–Trinajstić information content (AvgIpc) is 2.72. The van der Waals surface area contributed by atoms with Gasteiger partial charge in [-0.05, 0) is 49.7 Å². The number of nitrogens with one attached hydrogen (secondary N) is 2. The minimum Gasteiger partial charge on any atom is -0.495 e. The molecular weight excluding hydrogens is 400 g/mol. The van der Waals surface area contributed by atoms with Gasteiger partial charge in [-0.1, -0.05) is 0 Å². The van der Waals surface area contributed by atoms with E-state index in [4.69, 9.17) is 13.9 Å². The molecule has 3 rings (SSSR count). The molecule has 0 aliphatic carbocycles. The number of carbonyl (C=O) groups excluding carboxylic acids is 1. The molecule has 0 fully saturated rings. The van der Waals surface area contributed by atoms with Crippen molar-refractivity contribution in [1.29, 1.82) is 0 Å². The minimum atomic E-state index is -0.825. The lowest BCUT2D eigenvalue weighted by atomic mass is 10.1.